The van der Waals surface area contributed by atoms with Crippen molar-refractivity contribution in [2.75, 3.05) is 37.4 Å². The molecule has 12 heteroatoms. The van der Waals surface area contributed by atoms with Crippen molar-refractivity contribution in [1.82, 2.24) is 15.5 Å². The van der Waals surface area contributed by atoms with E-state index in [0.29, 0.717) is 23.9 Å². The van der Waals surface area contributed by atoms with Crippen LogP contribution >= 0.6 is 23.2 Å². The lowest BCUT2D eigenvalue weighted by molar-refractivity contribution is -0.130. The highest BCUT2D eigenvalue weighted by Gasteiger charge is 2.20. The fourth-order valence-electron chi connectivity index (χ4n) is 3.59. The second kappa shape index (κ2) is 11.8. The van der Waals surface area contributed by atoms with Crippen LogP contribution in [0.3, 0.4) is 0 Å². The predicted molar refractivity (Wildman–Crippen MR) is 142 cm³/mol. The summed E-state index contributed by atoms with van der Waals surface area (Å²) in [6.45, 7) is 2.49. The molecular weight excluding hydrogens is 539 g/mol. The summed E-state index contributed by atoms with van der Waals surface area (Å²) >= 11 is 12.1. The number of ether oxygens (including phenoxy) is 1. The number of hydrogen-bond acceptors (Lipinski definition) is 6. The lowest BCUT2D eigenvalue weighted by Crippen LogP contribution is -2.49. The van der Waals surface area contributed by atoms with E-state index in [-0.39, 0.29) is 39.4 Å². The summed E-state index contributed by atoms with van der Waals surface area (Å²) in [4.78, 5) is 26.3. The Morgan fingerprint density at radius 2 is 1.65 bits per heavy atom. The molecular formula is C25H24Cl2N4O5S. The van der Waals surface area contributed by atoms with Crippen LogP contribution in [0.5, 0.6) is 11.5 Å². The number of halogens is 2. The van der Waals surface area contributed by atoms with Gasteiger partial charge in [-0.25, -0.2) is 8.42 Å². The van der Waals surface area contributed by atoms with Crippen LogP contribution in [-0.4, -0.2) is 57.9 Å². The number of hydrogen-bond donors (Lipinski definition) is 3. The molecule has 9 nitrogen and oxygen atoms in total. The Morgan fingerprint density at radius 3 is 2.35 bits per heavy atom. The van der Waals surface area contributed by atoms with Crippen LogP contribution in [0.1, 0.15) is 10.4 Å². The van der Waals surface area contributed by atoms with E-state index in [1.165, 1.54) is 30.3 Å². The largest absolute Gasteiger partial charge is 0.454 e. The van der Waals surface area contributed by atoms with E-state index in [0.717, 1.165) is 13.1 Å². The van der Waals surface area contributed by atoms with Gasteiger partial charge in [0.2, 0.25) is 5.91 Å². The lowest BCUT2D eigenvalue weighted by atomic mass is 10.2. The number of benzene rings is 3. The molecule has 4 rings (SSSR count). The highest BCUT2D eigenvalue weighted by Crippen LogP contribution is 2.35. The Hall–Kier alpha value is -3.31. The van der Waals surface area contributed by atoms with Crippen molar-refractivity contribution in [3.05, 3.63) is 82.3 Å². The van der Waals surface area contributed by atoms with E-state index in [1.54, 1.807) is 41.3 Å². The summed E-state index contributed by atoms with van der Waals surface area (Å²) in [7, 11) is -4.01. The van der Waals surface area contributed by atoms with Crippen LogP contribution < -0.4 is 20.1 Å². The van der Waals surface area contributed by atoms with Crippen molar-refractivity contribution in [2.45, 2.75) is 4.90 Å². The maximum Gasteiger partial charge on any atom is 0.262 e. The number of nitrogens with one attached hydrogen (secondary N) is 3. The molecule has 1 fully saturated rings. The summed E-state index contributed by atoms with van der Waals surface area (Å²) in [6, 6.07) is 16.6. The van der Waals surface area contributed by atoms with Crippen LogP contribution in [0.2, 0.25) is 10.0 Å². The van der Waals surface area contributed by atoms with E-state index >= 15 is 0 Å². The number of anilines is 1. The number of nitrogens with zero attached hydrogens (tertiary/aromatic N) is 1. The van der Waals surface area contributed by atoms with Gasteiger partial charge < -0.3 is 20.3 Å². The van der Waals surface area contributed by atoms with Gasteiger partial charge >= 0.3 is 0 Å². The van der Waals surface area contributed by atoms with Gasteiger partial charge in [0.25, 0.3) is 15.9 Å². The molecule has 194 valence electrons. The van der Waals surface area contributed by atoms with Crippen molar-refractivity contribution < 1.29 is 22.7 Å². The third-order valence-electron chi connectivity index (χ3n) is 5.54. The first-order valence-corrected chi connectivity index (χ1v) is 13.6. The Labute approximate surface area is 224 Å². The maximum absolute atomic E-state index is 13.0. The summed E-state index contributed by atoms with van der Waals surface area (Å²) < 4.78 is 34.4. The fourth-order valence-corrected chi connectivity index (χ4v) is 5.11. The van der Waals surface area contributed by atoms with Crippen molar-refractivity contribution in [3.8, 4) is 11.5 Å². The molecule has 0 unspecified atom stereocenters. The van der Waals surface area contributed by atoms with E-state index in [1.807, 2.05) is 0 Å². The van der Waals surface area contributed by atoms with Crippen molar-refractivity contribution in [2.24, 2.45) is 0 Å². The SMILES string of the molecule is O=C(NCC(=O)N1CCNCC1)c1ccc(S(=O)(=O)Nc2ccccc2Oc2ccc(Cl)cc2Cl)cc1. The molecule has 0 bridgehead atoms. The molecule has 0 radical (unpaired) electrons. The molecule has 3 N–H and O–H groups in total. The molecule has 2 amide bonds. The predicted octanol–water partition coefficient (Wildman–Crippen LogP) is 3.75. The topological polar surface area (TPSA) is 117 Å². The minimum absolute atomic E-state index is 0.0553. The number of amides is 2. The zero-order valence-electron chi connectivity index (χ0n) is 19.5. The number of rotatable bonds is 8. The van der Waals surface area contributed by atoms with Crippen LogP contribution in [-0.2, 0) is 14.8 Å². The molecule has 1 heterocycles. The second-order valence-corrected chi connectivity index (χ2v) is 10.6. The van der Waals surface area contributed by atoms with Crippen molar-refractivity contribution in [1.29, 1.82) is 0 Å². The van der Waals surface area contributed by atoms with Crippen LogP contribution in [0.4, 0.5) is 5.69 Å². The van der Waals surface area contributed by atoms with Crippen LogP contribution in [0.15, 0.2) is 71.6 Å². The van der Waals surface area contributed by atoms with E-state index in [4.69, 9.17) is 27.9 Å². The minimum Gasteiger partial charge on any atom is -0.454 e. The number of para-hydroxylation sites is 2. The van der Waals surface area contributed by atoms with Gasteiger partial charge in [0, 0.05) is 36.8 Å². The Bertz CT molecular complexity index is 1390. The second-order valence-electron chi connectivity index (χ2n) is 8.12. The maximum atomic E-state index is 13.0. The average Bonchev–Trinajstić information content (AvgIpc) is 2.90. The summed E-state index contributed by atoms with van der Waals surface area (Å²) in [5, 5.41) is 6.45. The standard InChI is InChI=1S/C25H24Cl2N4O5S/c26-18-7-10-22(20(27)15-18)36-23-4-2-1-3-21(23)30-37(34,35)19-8-5-17(6-9-19)25(33)29-16-24(32)31-13-11-28-12-14-31/h1-10,15,28,30H,11-14,16H2,(H,29,33). The number of piperazine rings is 1. The molecule has 0 atom stereocenters. The molecule has 0 spiro atoms. The number of carbonyl (C=O) groups excluding carboxylic acids is 2. The highest BCUT2D eigenvalue weighted by atomic mass is 35.5. The molecule has 1 saturated heterocycles. The highest BCUT2D eigenvalue weighted by molar-refractivity contribution is 7.92. The van der Waals surface area contributed by atoms with E-state index in [2.05, 4.69) is 15.4 Å². The molecule has 37 heavy (non-hydrogen) atoms. The summed E-state index contributed by atoms with van der Waals surface area (Å²) in [5.74, 6) is -0.0954. The Balaban J connectivity index is 1.41. The third-order valence-corrected chi connectivity index (χ3v) is 7.45. The molecule has 0 aromatic heterocycles. The summed E-state index contributed by atoms with van der Waals surface area (Å²) in [6.07, 6.45) is 0. The van der Waals surface area contributed by atoms with Gasteiger partial charge in [-0.2, -0.15) is 0 Å². The quantitative estimate of drug-likeness (QED) is 0.385. The van der Waals surface area contributed by atoms with Crippen LogP contribution in [0.25, 0.3) is 0 Å². The third kappa shape index (κ3) is 6.92. The van der Waals surface area contributed by atoms with Gasteiger partial charge in [-0.1, -0.05) is 35.3 Å². The van der Waals surface area contributed by atoms with E-state index in [9.17, 15) is 18.0 Å². The van der Waals surface area contributed by atoms with Crippen molar-refractivity contribution in [3.63, 3.8) is 0 Å². The smallest absolute Gasteiger partial charge is 0.262 e. The van der Waals surface area contributed by atoms with Gasteiger partial charge in [0.1, 0.15) is 5.75 Å². The first-order valence-electron chi connectivity index (χ1n) is 11.3. The van der Waals surface area contributed by atoms with Crippen molar-refractivity contribution >= 4 is 50.7 Å². The Morgan fingerprint density at radius 1 is 0.946 bits per heavy atom. The monoisotopic (exact) mass is 562 g/mol. The number of sulfonamides is 1. The molecule has 3 aromatic rings. The molecule has 3 aromatic carbocycles. The number of carbonyl (C=O) groups is 2. The first-order chi connectivity index (χ1) is 17.7. The first kappa shape index (κ1) is 26.7. The minimum atomic E-state index is -4.01. The van der Waals surface area contributed by atoms with Gasteiger partial charge in [-0.3, -0.25) is 14.3 Å². The van der Waals surface area contributed by atoms with Gasteiger partial charge in [-0.15, -0.1) is 0 Å². The van der Waals surface area contributed by atoms with Gasteiger partial charge in [0.15, 0.2) is 5.75 Å². The average molecular weight is 563 g/mol. The summed E-state index contributed by atoms with van der Waals surface area (Å²) in [5.41, 5.74) is 0.426. The van der Waals surface area contributed by atoms with Gasteiger partial charge in [-0.05, 0) is 54.6 Å². The normalized spacial score (nSPS) is 13.6. The molecule has 0 aliphatic carbocycles. The zero-order chi connectivity index (χ0) is 26.4. The molecule has 1 aliphatic heterocycles. The van der Waals surface area contributed by atoms with E-state index < -0.39 is 15.9 Å². The molecule has 0 saturated carbocycles. The zero-order valence-corrected chi connectivity index (χ0v) is 21.9. The van der Waals surface area contributed by atoms with Crippen LogP contribution in [0, 0.1) is 0 Å². The Kier molecular flexibility index (Phi) is 8.55. The lowest BCUT2D eigenvalue weighted by Gasteiger charge is -2.27. The van der Waals surface area contributed by atoms with Gasteiger partial charge in [0.05, 0.1) is 22.2 Å². The molecule has 1 aliphatic rings. The fraction of sp³-hybridized carbons (Fsp3) is 0.200.